The largest absolute Gasteiger partial charge is 0.358 e. The van der Waals surface area contributed by atoms with Gasteiger partial charge in [0.05, 0.1) is 4.90 Å². The average Bonchev–Trinajstić information content (AvgIpc) is 2.46. The number of aryl methyl sites for hydroxylation is 2. The molecule has 21 heavy (non-hydrogen) atoms. The van der Waals surface area contributed by atoms with Gasteiger partial charge in [-0.15, -0.1) is 0 Å². The molecule has 0 saturated carbocycles. The number of carbonyl (C=O) groups excluding carboxylic acids is 1. The smallest absolute Gasteiger partial charge is 0.244 e. The van der Waals surface area contributed by atoms with Crippen molar-refractivity contribution in [3.63, 3.8) is 0 Å². The predicted octanol–water partition coefficient (Wildman–Crippen LogP) is 0.0119. The van der Waals surface area contributed by atoms with Gasteiger partial charge in [0.1, 0.15) is 6.04 Å². The lowest BCUT2D eigenvalue weighted by Crippen LogP contribution is -2.59. The quantitative estimate of drug-likeness (QED) is 0.824. The molecule has 1 aromatic rings. The number of piperazine rings is 1. The van der Waals surface area contributed by atoms with Gasteiger partial charge in [-0.25, -0.2) is 8.42 Å². The number of hydrogen-bond acceptors (Lipinski definition) is 4. The molecule has 1 unspecified atom stereocenters. The van der Waals surface area contributed by atoms with Crippen LogP contribution in [0.2, 0.25) is 0 Å². The molecule has 116 valence electrons. The predicted molar refractivity (Wildman–Crippen MR) is 80.5 cm³/mol. The van der Waals surface area contributed by atoms with E-state index >= 15 is 0 Å². The standard InChI is InChI=1S/C14H21N3O3S/c1-10-4-5-13(11(2)8-10)21(19,20)17-7-6-16-9-12(17)14(18)15-3/h4-5,8,12,16H,6-7,9H2,1-3H3,(H,15,18). The van der Waals surface area contributed by atoms with Gasteiger partial charge in [0, 0.05) is 26.7 Å². The van der Waals surface area contributed by atoms with Crippen molar-refractivity contribution in [3.8, 4) is 0 Å². The second kappa shape index (κ2) is 6.13. The molecule has 1 aromatic carbocycles. The minimum atomic E-state index is -3.68. The van der Waals surface area contributed by atoms with Crippen LogP contribution in [-0.2, 0) is 14.8 Å². The molecule has 1 saturated heterocycles. The van der Waals surface area contributed by atoms with E-state index in [1.807, 2.05) is 13.0 Å². The number of likely N-dealkylation sites (N-methyl/N-ethyl adjacent to an activating group) is 1. The first-order chi connectivity index (χ1) is 9.87. The van der Waals surface area contributed by atoms with Crippen molar-refractivity contribution in [2.45, 2.75) is 24.8 Å². The molecule has 6 nitrogen and oxygen atoms in total. The summed E-state index contributed by atoms with van der Waals surface area (Å²) < 4.78 is 27.0. The molecule has 2 rings (SSSR count). The second-order valence-electron chi connectivity index (χ2n) is 5.22. The Balaban J connectivity index is 2.43. The van der Waals surface area contributed by atoms with Crippen LogP contribution in [0.1, 0.15) is 11.1 Å². The van der Waals surface area contributed by atoms with Gasteiger partial charge in [-0.05, 0) is 25.5 Å². The number of amides is 1. The highest BCUT2D eigenvalue weighted by Crippen LogP contribution is 2.23. The summed E-state index contributed by atoms with van der Waals surface area (Å²) in [6, 6.07) is 4.51. The lowest BCUT2D eigenvalue weighted by Gasteiger charge is -2.34. The molecule has 7 heteroatoms. The number of nitrogens with zero attached hydrogens (tertiary/aromatic N) is 1. The molecule has 0 aliphatic carbocycles. The van der Waals surface area contributed by atoms with E-state index in [0.29, 0.717) is 18.7 Å². The zero-order valence-electron chi connectivity index (χ0n) is 12.5. The Morgan fingerprint density at radius 1 is 1.38 bits per heavy atom. The summed E-state index contributed by atoms with van der Waals surface area (Å²) in [7, 11) is -2.17. The third kappa shape index (κ3) is 3.09. The van der Waals surface area contributed by atoms with Gasteiger partial charge in [-0.2, -0.15) is 4.31 Å². The Kier molecular flexibility index (Phi) is 4.65. The molecule has 1 atom stereocenters. The summed E-state index contributed by atoms with van der Waals surface area (Å²) in [5.74, 6) is -0.296. The first-order valence-electron chi connectivity index (χ1n) is 6.89. The molecule has 1 aliphatic heterocycles. The van der Waals surface area contributed by atoms with E-state index in [0.717, 1.165) is 5.56 Å². The highest BCUT2D eigenvalue weighted by Gasteiger charge is 2.37. The van der Waals surface area contributed by atoms with Crippen molar-refractivity contribution < 1.29 is 13.2 Å². The number of benzene rings is 1. The third-order valence-electron chi connectivity index (χ3n) is 3.66. The summed E-state index contributed by atoms with van der Waals surface area (Å²) in [6.45, 7) is 4.84. The Hall–Kier alpha value is -1.44. The summed E-state index contributed by atoms with van der Waals surface area (Å²) in [5.41, 5.74) is 1.71. The van der Waals surface area contributed by atoms with Crippen LogP contribution >= 0.6 is 0 Å². The lowest BCUT2D eigenvalue weighted by molar-refractivity contribution is -0.124. The zero-order valence-corrected chi connectivity index (χ0v) is 13.3. The molecule has 0 bridgehead atoms. The van der Waals surface area contributed by atoms with E-state index in [9.17, 15) is 13.2 Å². The maximum atomic E-state index is 12.9. The van der Waals surface area contributed by atoms with Crippen molar-refractivity contribution in [1.29, 1.82) is 0 Å². The zero-order chi connectivity index (χ0) is 15.6. The SMILES string of the molecule is CNC(=O)C1CNCCN1S(=O)(=O)c1ccc(C)cc1C. The van der Waals surface area contributed by atoms with Crippen LogP contribution in [0.25, 0.3) is 0 Å². The van der Waals surface area contributed by atoms with Crippen LogP contribution in [-0.4, -0.2) is 51.4 Å². The molecule has 0 radical (unpaired) electrons. The van der Waals surface area contributed by atoms with Crippen molar-refractivity contribution in [2.24, 2.45) is 0 Å². The first-order valence-corrected chi connectivity index (χ1v) is 8.33. The van der Waals surface area contributed by atoms with Crippen LogP contribution < -0.4 is 10.6 Å². The molecule has 0 aromatic heterocycles. The molecule has 2 N–H and O–H groups in total. The van der Waals surface area contributed by atoms with Gasteiger partial charge in [-0.3, -0.25) is 4.79 Å². The Bertz CT molecular complexity index is 643. The molecule has 1 heterocycles. The normalized spacial score (nSPS) is 20.2. The molecule has 1 amide bonds. The minimum Gasteiger partial charge on any atom is -0.358 e. The molecule has 0 spiro atoms. The van der Waals surface area contributed by atoms with Crippen LogP contribution in [0, 0.1) is 13.8 Å². The Morgan fingerprint density at radius 3 is 2.71 bits per heavy atom. The second-order valence-corrected chi connectivity index (χ2v) is 7.08. The molecular weight excluding hydrogens is 290 g/mol. The fourth-order valence-electron chi connectivity index (χ4n) is 2.58. The highest BCUT2D eigenvalue weighted by atomic mass is 32.2. The summed E-state index contributed by atoms with van der Waals surface area (Å²) in [6.07, 6.45) is 0. The summed E-state index contributed by atoms with van der Waals surface area (Å²) in [5, 5.41) is 5.59. The van der Waals surface area contributed by atoms with Gasteiger partial charge < -0.3 is 10.6 Å². The fraction of sp³-hybridized carbons (Fsp3) is 0.500. The highest BCUT2D eigenvalue weighted by molar-refractivity contribution is 7.89. The molecule has 1 aliphatic rings. The summed E-state index contributed by atoms with van der Waals surface area (Å²) >= 11 is 0. The average molecular weight is 311 g/mol. The minimum absolute atomic E-state index is 0.268. The maximum Gasteiger partial charge on any atom is 0.244 e. The number of rotatable bonds is 3. The Morgan fingerprint density at radius 2 is 2.10 bits per heavy atom. The van der Waals surface area contributed by atoms with Crippen LogP contribution in [0.15, 0.2) is 23.1 Å². The van der Waals surface area contributed by atoms with E-state index < -0.39 is 16.1 Å². The van der Waals surface area contributed by atoms with Gasteiger partial charge in [0.25, 0.3) is 0 Å². The number of hydrogen-bond donors (Lipinski definition) is 2. The van der Waals surface area contributed by atoms with Crippen molar-refractivity contribution in [3.05, 3.63) is 29.3 Å². The number of sulfonamides is 1. The third-order valence-corrected chi connectivity index (χ3v) is 5.73. The van der Waals surface area contributed by atoms with E-state index in [2.05, 4.69) is 10.6 Å². The first kappa shape index (κ1) is 15.9. The van der Waals surface area contributed by atoms with Crippen LogP contribution in [0.3, 0.4) is 0 Å². The number of carbonyl (C=O) groups is 1. The van der Waals surface area contributed by atoms with Crippen molar-refractivity contribution >= 4 is 15.9 Å². The molecule has 1 fully saturated rings. The van der Waals surface area contributed by atoms with E-state index in [4.69, 9.17) is 0 Å². The van der Waals surface area contributed by atoms with E-state index in [-0.39, 0.29) is 17.3 Å². The topological polar surface area (TPSA) is 78.5 Å². The van der Waals surface area contributed by atoms with Gasteiger partial charge >= 0.3 is 0 Å². The maximum absolute atomic E-state index is 12.9. The molecular formula is C14H21N3O3S. The van der Waals surface area contributed by atoms with Crippen LogP contribution in [0.4, 0.5) is 0 Å². The summed E-state index contributed by atoms with van der Waals surface area (Å²) in [4.78, 5) is 12.2. The number of nitrogens with one attached hydrogen (secondary N) is 2. The lowest BCUT2D eigenvalue weighted by atomic mass is 10.2. The van der Waals surface area contributed by atoms with Crippen molar-refractivity contribution in [1.82, 2.24) is 14.9 Å². The van der Waals surface area contributed by atoms with Gasteiger partial charge in [0.2, 0.25) is 15.9 Å². The van der Waals surface area contributed by atoms with Gasteiger partial charge in [-0.1, -0.05) is 17.7 Å². The van der Waals surface area contributed by atoms with E-state index in [1.54, 1.807) is 19.1 Å². The van der Waals surface area contributed by atoms with Crippen molar-refractivity contribution in [2.75, 3.05) is 26.7 Å². The van der Waals surface area contributed by atoms with Crippen LogP contribution in [0.5, 0.6) is 0 Å². The van der Waals surface area contributed by atoms with E-state index in [1.165, 1.54) is 11.4 Å². The fourth-order valence-corrected chi connectivity index (χ4v) is 4.37. The van der Waals surface area contributed by atoms with Gasteiger partial charge in [0.15, 0.2) is 0 Å². The Labute approximate surface area is 125 Å². The monoisotopic (exact) mass is 311 g/mol.